The predicted molar refractivity (Wildman–Crippen MR) is 128 cm³/mol. The zero-order chi connectivity index (χ0) is 22.9. The van der Waals surface area contributed by atoms with E-state index in [9.17, 15) is 13.2 Å². The molecule has 3 aromatic rings. The van der Waals surface area contributed by atoms with E-state index in [1.807, 2.05) is 30.5 Å². The van der Waals surface area contributed by atoms with E-state index in [1.165, 1.54) is 21.7 Å². The number of nitrogens with one attached hydrogen (secondary N) is 1. The van der Waals surface area contributed by atoms with Crippen molar-refractivity contribution in [1.82, 2.24) is 9.29 Å². The molecule has 0 bridgehead atoms. The van der Waals surface area contributed by atoms with E-state index in [-0.39, 0.29) is 16.0 Å². The van der Waals surface area contributed by atoms with E-state index in [0.29, 0.717) is 35.4 Å². The number of thiazole rings is 1. The van der Waals surface area contributed by atoms with Gasteiger partial charge in [-0.15, -0.1) is 22.7 Å². The molecule has 1 saturated heterocycles. The molecule has 32 heavy (non-hydrogen) atoms. The number of benzene rings is 1. The molecule has 11 heteroatoms. The lowest BCUT2D eigenvalue weighted by Crippen LogP contribution is -2.41. The summed E-state index contributed by atoms with van der Waals surface area (Å²) in [6, 6.07) is 8.93. The maximum absolute atomic E-state index is 12.7. The molecule has 1 fully saturated rings. The largest absolute Gasteiger partial charge is 0.496 e. The standard InChI is InChI=1S/C21H22ClN3O4S3/c1-13-11-15(3-4-17(13)29-2)16-12-30-21(23-16)24-20(26)14-7-9-25(10-8-14)32(27,28)19-6-5-18(22)31-19/h3-6,11-12,14H,7-10H2,1-2H3,(H,23,24,26). The molecule has 1 aromatic carbocycles. The van der Waals surface area contributed by atoms with Gasteiger partial charge in [0.2, 0.25) is 5.91 Å². The average molecular weight is 512 g/mol. The summed E-state index contributed by atoms with van der Waals surface area (Å²) in [5.74, 6) is 0.421. The molecule has 0 saturated carbocycles. The van der Waals surface area contributed by atoms with Crippen LogP contribution in [0.1, 0.15) is 18.4 Å². The van der Waals surface area contributed by atoms with Gasteiger partial charge in [0.25, 0.3) is 10.0 Å². The van der Waals surface area contributed by atoms with Crippen molar-refractivity contribution >= 4 is 55.3 Å². The topological polar surface area (TPSA) is 88.6 Å². The Bertz CT molecular complexity index is 1230. The van der Waals surface area contributed by atoms with Gasteiger partial charge in [-0.1, -0.05) is 11.6 Å². The number of sulfonamides is 1. The summed E-state index contributed by atoms with van der Waals surface area (Å²) < 4.78 is 32.8. The number of amides is 1. The highest BCUT2D eigenvalue weighted by Gasteiger charge is 2.33. The maximum atomic E-state index is 12.7. The summed E-state index contributed by atoms with van der Waals surface area (Å²) in [4.78, 5) is 17.3. The summed E-state index contributed by atoms with van der Waals surface area (Å²) in [6.45, 7) is 2.56. The third kappa shape index (κ3) is 4.84. The molecule has 1 aliphatic heterocycles. The first-order valence-corrected chi connectivity index (χ1v) is 13.5. The third-order valence-corrected chi connectivity index (χ3v) is 9.75. The molecule has 1 N–H and O–H groups in total. The monoisotopic (exact) mass is 511 g/mol. The van der Waals surface area contributed by atoms with E-state index in [0.717, 1.165) is 33.9 Å². The fourth-order valence-corrected chi connectivity index (χ4v) is 7.46. The highest BCUT2D eigenvalue weighted by molar-refractivity contribution is 7.91. The SMILES string of the molecule is COc1ccc(-c2csc(NC(=O)C3CCN(S(=O)(=O)c4ccc(Cl)s4)CC3)n2)cc1C. The second kappa shape index (κ2) is 9.48. The number of rotatable bonds is 6. The molecule has 0 spiro atoms. The van der Waals surface area contributed by atoms with Gasteiger partial charge >= 0.3 is 0 Å². The van der Waals surface area contributed by atoms with Gasteiger partial charge in [-0.3, -0.25) is 4.79 Å². The molecular formula is C21H22ClN3O4S3. The number of carbonyl (C=O) groups excluding carboxylic acids is 1. The Labute approximate surface area is 200 Å². The number of carbonyl (C=O) groups is 1. The Morgan fingerprint density at radius 2 is 2.00 bits per heavy atom. The molecule has 7 nitrogen and oxygen atoms in total. The highest BCUT2D eigenvalue weighted by atomic mass is 35.5. The van der Waals surface area contributed by atoms with Crippen LogP contribution in [0.5, 0.6) is 5.75 Å². The number of aromatic nitrogens is 1. The second-order valence-corrected chi connectivity index (χ2v) is 12.2. The van der Waals surface area contributed by atoms with E-state index in [4.69, 9.17) is 16.3 Å². The van der Waals surface area contributed by atoms with Crippen molar-refractivity contribution in [2.75, 3.05) is 25.5 Å². The number of hydrogen-bond acceptors (Lipinski definition) is 7. The van der Waals surface area contributed by atoms with Crippen molar-refractivity contribution in [1.29, 1.82) is 0 Å². The number of piperidine rings is 1. The van der Waals surface area contributed by atoms with Crippen molar-refractivity contribution < 1.29 is 17.9 Å². The first kappa shape index (κ1) is 23.2. The first-order chi connectivity index (χ1) is 15.3. The summed E-state index contributed by atoms with van der Waals surface area (Å²) >= 11 is 8.29. The zero-order valence-electron chi connectivity index (χ0n) is 17.5. The first-order valence-electron chi connectivity index (χ1n) is 9.95. The van der Waals surface area contributed by atoms with Gasteiger partial charge in [0, 0.05) is 30.0 Å². The van der Waals surface area contributed by atoms with Gasteiger partial charge in [0.1, 0.15) is 9.96 Å². The van der Waals surface area contributed by atoms with E-state index in [2.05, 4.69) is 10.3 Å². The highest BCUT2D eigenvalue weighted by Crippen LogP contribution is 2.32. The molecule has 0 atom stereocenters. The van der Waals surface area contributed by atoms with Crippen molar-refractivity contribution in [3.05, 3.63) is 45.6 Å². The molecule has 1 amide bonds. The van der Waals surface area contributed by atoms with Crippen LogP contribution >= 0.6 is 34.3 Å². The minimum Gasteiger partial charge on any atom is -0.496 e. The van der Waals surface area contributed by atoms with Crippen molar-refractivity contribution in [2.45, 2.75) is 24.0 Å². The fourth-order valence-electron chi connectivity index (χ4n) is 3.63. The Morgan fingerprint density at radius 1 is 1.25 bits per heavy atom. The number of methoxy groups -OCH3 is 1. The van der Waals surface area contributed by atoms with E-state index in [1.54, 1.807) is 13.2 Å². The molecular weight excluding hydrogens is 490 g/mol. The van der Waals surface area contributed by atoms with E-state index >= 15 is 0 Å². The van der Waals surface area contributed by atoms with Crippen molar-refractivity contribution in [3.63, 3.8) is 0 Å². The van der Waals surface area contributed by atoms with Crippen LogP contribution in [0.25, 0.3) is 11.3 Å². The summed E-state index contributed by atoms with van der Waals surface area (Å²) in [6.07, 6.45) is 0.917. The van der Waals surface area contributed by atoms with Gasteiger partial charge in [-0.2, -0.15) is 4.31 Å². The fraction of sp³-hybridized carbons (Fsp3) is 0.333. The normalized spacial score (nSPS) is 15.6. The number of ether oxygens (including phenoxy) is 1. The third-order valence-electron chi connectivity index (χ3n) is 5.39. The summed E-state index contributed by atoms with van der Waals surface area (Å²) in [7, 11) is -1.93. The zero-order valence-corrected chi connectivity index (χ0v) is 20.7. The molecule has 0 unspecified atom stereocenters. The smallest absolute Gasteiger partial charge is 0.252 e. The van der Waals surface area contributed by atoms with Gasteiger partial charge in [-0.05, 0) is 55.7 Å². The Kier molecular flexibility index (Phi) is 6.87. The lowest BCUT2D eigenvalue weighted by molar-refractivity contribution is -0.120. The van der Waals surface area contributed by atoms with Crippen LogP contribution in [0, 0.1) is 12.8 Å². The van der Waals surface area contributed by atoms with Crippen molar-refractivity contribution in [2.24, 2.45) is 5.92 Å². The van der Waals surface area contributed by atoms with Crippen LogP contribution in [-0.4, -0.2) is 43.8 Å². The van der Waals surface area contributed by atoms with Crippen LogP contribution in [0.15, 0.2) is 39.9 Å². The Balaban J connectivity index is 1.36. The molecule has 0 aliphatic carbocycles. The minimum atomic E-state index is -3.57. The van der Waals surface area contributed by atoms with Crippen LogP contribution < -0.4 is 10.1 Å². The predicted octanol–water partition coefficient (Wildman–Crippen LogP) is 4.88. The molecule has 2 aromatic heterocycles. The van der Waals surface area contributed by atoms with Crippen molar-refractivity contribution in [3.8, 4) is 17.0 Å². The number of aryl methyl sites for hydroxylation is 1. The second-order valence-electron chi connectivity index (χ2n) is 7.45. The van der Waals surface area contributed by atoms with Crippen LogP contribution in [-0.2, 0) is 14.8 Å². The maximum Gasteiger partial charge on any atom is 0.252 e. The van der Waals surface area contributed by atoms with Crippen LogP contribution in [0.2, 0.25) is 4.34 Å². The molecule has 170 valence electrons. The van der Waals surface area contributed by atoms with Gasteiger partial charge in [0.15, 0.2) is 5.13 Å². The summed E-state index contributed by atoms with van der Waals surface area (Å²) in [5, 5.41) is 5.32. The molecule has 0 radical (unpaired) electrons. The number of hydrogen-bond donors (Lipinski definition) is 1. The quantitative estimate of drug-likeness (QED) is 0.509. The summed E-state index contributed by atoms with van der Waals surface area (Å²) in [5.41, 5.74) is 2.74. The Morgan fingerprint density at radius 3 is 2.62 bits per heavy atom. The van der Waals surface area contributed by atoms with E-state index < -0.39 is 10.0 Å². The average Bonchev–Trinajstić information content (AvgIpc) is 3.43. The van der Waals surface area contributed by atoms with Gasteiger partial charge in [-0.25, -0.2) is 13.4 Å². The molecule has 4 rings (SSSR count). The Hall–Kier alpha value is -1.98. The van der Waals surface area contributed by atoms with Crippen LogP contribution in [0.3, 0.4) is 0 Å². The number of anilines is 1. The minimum absolute atomic E-state index is 0.131. The number of nitrogens with zero attached hydrogens (tertiary/aromatic N) is 2. The van der Waals surface area contributed by atoms with Gasteiger partial charge < -0.3 is 10.1 Å². The number of thiophene rings is 1. The lowest BCUT2D eigenvalue weighted by Gasteiger charge is -2.29. The molecule has 1 aliphatic rings. The van der Waals surface area contributed by atoms with Gasteiger partial charge in [0.05, 0.1) is 17.1 Å². The number of halogens is 1. The molecule has 3 heterocycles. The van der Waals surface area contributed by atoms with Crippen LogP contribution in [0.4, 0.5) is 5.13 Å². The lowest BCUT2D eigenvalue weighted by atomic mass is 9.97.